The lowest BCUT2D eigenvalue weighted by molar-refractivity contribution is -0.139. The van der Waals surface area contributed by atoms with Crippen molar-refractivity contribution >= 4 is 27.4 Å². The number of nitrogens with one attached hydrogen (secondary N) is 1. The van der Waals surface area contributed by atoms with Gasteiger partial charge in [0, 0.05) is 17.6 Å². The third-order valence-corrected chi connectivity index (χ3v) is 7.15. The number of carboxylic acids is 1. The summed E-state index contributed by atoms with van der Waals surface area (Å²) in [6.45, 7) is 1.78. The Hall–Kier alpha value is -2.91. The fourth-order valence-electron chi connectivity index (χ4n) is 3.39. The van der Waals surface area contributed by atoms with Crippen LogP contribution in [0, 0.1) is 0 Å². The number of rotatable bonds is 11. The molecule has 0 unspecified atom stereocenters. The Morgan fingerprint density at radius 3 is 2.41 bits per heavy atom. The predicted molar refractivity (Wildman–Crippen MR) is 129 cm³/mol. The van der Waals surface area contributed by atoms with Crippen molar-refractivity contribution in [3.8, 4) is 5.75 Å². The van der Waals surface area contributed by atoms with Crippen LogP contribution in [0.4, 0.5) is 0 Å². The van der Waals surface area contributed by atoms with Gasteiger partial charge in [0.25, 0.3) is 0 Å². The molecule has 0 heterocycles. The van der Waals surface area contributed by atoms with Gasteiger partial charge in [-0.2, -0.15) is 0 Å². The second-order valence-corrected chi connectivity index (χ2v) is 10.3. The summed E-state index contributed by atoms with van der Waals surface area (Å²) in [6, 6.07) is 19.5. The number of hydrogen-bond donors (Lipinski definition) is 3. The minimum absolute atomic E-state index is 0.0215. The van der Waals surface area contributed by atoms with Gasteiger partial charge in [-0.3, -0.25) is 0 Å². The van der Waals surface area contributed by atoms with Gasteiger partial charge in [-0.25, -0.2) is 13.2 Å². The first-order valence-electron chi connectivity index (χ1n) is 10.6. The van der Waals surface area contributed by atoms with Crippen LogP contribution in [-0.2, 0) is 21.1 Å². The van der Waals surface area contributed by atoms with Crippen LogP contribution in [-0.4, -0.2) is 43.8 Å². The van der Waals surface area contributed by atoms with Crippen LogP contribution in [0.15, 0.2) is 82.6 Å². The van der Waals surface area contributed by atoms with Gasteiger partial charge in [0.2, 0.25) is 9.84 Å². The zero-order valence-electron chi connectivity index (χ0n) is 18.5. The van der Waals surface area contributed by atoms with Gasteiger partial charge in [-0.1, -0.05) is 41.9 Å². The summed E-state index contributed by atoms with van der Waals surface area (Å²) in [4.78, 5) is 10.8. The first-order chi connectivity index (χ1) is 16.1. The molecule has 0 bridgehead atoms. The number of ether oxygens (including phenoxy) is 1. The average molecular weight is 504 g/mol. The summed E-state index contributed by atoms with van der Waals surface area (Å²) >= 11 is 5.97. The molecule has 0 saturated heterocycles. The Balaban J connectivity index is 1.60. The van der Waals surface area contributed by atoms with E-state index in [1.807, 2.05) is 13.0 Å². The molecule has 0 aliphatic heterocycles. The van der Waals surface area contributed by atoms with Crippen molar-refractivity contribution in [1.82, 2.24) is 5.32 Å². The van der Waals surface area contributed by atoms with E-state index in [-0.39, 0.29) is 21.6 Å². The molecule has 2 atom stereocenters. The van der Waals surface area contributed by atoms with Crippen molar-refractivity contribution in [3.63, 3.8) is 0 Å². The Morgan fingerprint density at radius 1 is 1.03 bits per heavy atom. The van der Waals surface area contributed by atoms with Crippen LogP contribution < -0.4 is 10.1 Å². The minimum atomic E-state index is -3.79. The molecule has 3 aromatic rings. The molecule has 3 aromatic carbocycles. The largest absolute Gasteiger partial charge is 0.482 e. The lowest BCUT2D eigenvalue weighted by Gasteiger charge is -2.18. The van der Waals surface area contributed by atoms with E-state index in [4.69, 9.17) is 21.4 Å². The molecule has 180 valence electrons. The molecule has 0 aliphatic carbocycles. The second-order valence-electron chi connectivity index (χ2n) is 7.89. The number of sulfone groups is 1. The first kappa shape index (κ1) is 25.7. The van der Waals surface area contributed by atoms with Crippen molar-refractivity contribution in [1.29, 1.82) is 0 Å². The van der Waals surface area contributed by atoms with E-state index in [2.05, 4.69) is 5.32 Å². The standard InChI is InChI=1S/C25H26ClNO6S/c1-17(27-15-24(28)19-4-2-5-20(26)13-19)12-18-8-10-22(11-9-18)34(31,32)23-7-3-6-21(14-23)33-16-25(29)30/h2-11,13-14,17,24,27-28H,12,15-16H2,1H3,(H,29,30)/t17-,24+/m1/s1. The molecule has 3 N–H and O–H groups in total. The molecule has 0 aromatic heterocycles. The van der Waals surface area contributed by atoms with E-state index in [1.165, 1.54) is 24.3 Å². The van der Waals surface area contributed by atoms with E-state index in [0.29, 0.717) is 18.0 Å². The smallest absolute Gasteiger partial charge is 0.341 e. The molecular formula is C25H26ClNO6S. The highest BCUT2D eigenvalue weighted by Crippen LogP contribution is 2.25. The number of aliphatic carboxylic acids is 1. The molecule has 0 radical (unpaired) electrons. The summed E-state index contributed by atoms with van der Waals surface area (Å²) in [6.07, 6.45) is -0.0508. The highest BCUT2D eigenvalue weighted by atomic mass is 35.5. The molecule has 3 rings (SSSR count). The van der Waals surface area contributed by atoms with Crippen molar-refractivity contribution in [2.75, 3.05) is 13.2 Å². The number of aliphatic hydroxyl groups excluding tert-OH is 1. The normalized spacial score (nSPS) is 13.3. The van der Waals surface area contributed by atoms with E-state index in [1.54, 1.807) is 42.5 Å². The molecule has 34 heavy (non-hydrogen) atoms. The summed E-state index contributed by atoms with van der Waals surface area (Å²) in [5, 5.41) is 22.9. The highest BCUT2D eigenvalue weighted by Gasteiger charge is 2.19. The van der Waals surface area contributed by atoms with Gasteiger partial charge in [-0.15, -0.1) is 0 Å². The SMILES string of the molecule is C[C@H](Cc1ccc(S(=O)(=O)c2cccc(OCC(=O)O)c2)cc1)NC[C@H](O)c1cccc(Cl)c1. The maximum absolute atomic E-state index is 13.0. The topological polar surface area (TPSA) is 113 Å². The second kappa shape index (κ2) is 11.5. The van der Waals surface area contributed by atoms with Crippen LogP contribution in [0.1, 0.15) is 24.2 Å². The van der Waals surface area contributed by atoms with Crippen LogP contribution in [0.2, 0.25) is 5.02 Å². The third-order valence-electron chi connectivity index (χ3n) is 5.15. The molecular weight excluding hydrogens is 478 g/mol. The Labute approximate surface area is 203 Å². The average Bonchev–Trinajstić information content (AvgIpc) is 2.81. The molecule has 0 saturated carbocycles. The molecule has 0 aliphatic rings. The third kappa shape index (κ3) is 7.04. The number of benzene rings is 3. The van der Waals surface area contributed by atoms with Gasteiger partial charge in [0.1, 0.15) is 5.75 Å². The van der Waals surface area contributed by atoms with E-state index < -0.39 is 28.5 Å². The number of carboxylic acid groups (broad SMARTS) is 1. The van der Waals surface area contributed by atoms with Crippen LogP contribution in [0.3, 0.4) is 0 Å². The number of hydrogen-bond acceptors (Lipinski definition) is 6. The Kier molecular flexibility index (Phi) is 8.68. The fraction of sp³-hybridized carbons (Fsp3) is 0.240. The van der Waals surface area contributed by atoms with Crippen LogP contribution in [0.5, 0.6) is 5.75 Å². The van der Waals surface area contributed by atoms with E-state index in [0.717, 1.165) is 11.1 Å². The fourth-order valence-corrected chi connectivity index (χ4v) is 4.88. The molecule has 0 spiro atoms. The molecule has 0 fully saturated rings. The highest BCUT2D eigenvalue weighted by molar-refractivity contribution is 7.91. The maximum Gasteiger partial charge on any atom is 0.341 e. The van der Waals surface area contributed by atoms with E-state index >= 15 is 0 Å². The van der Waals surface area contributed by atoms with Crippen LogP contribution >= 0.6 is 11.6 Å². The van der Waals surface area contributed by atoms with Crippen molar-refractivity contribution < 1.29 is 28.2 Å². The zero-order valence-corrected chi connectivity index (χ0v) is 20.1. The van der Waals surface area contributed by atoms with Crippen molar-refractivity contribution in [2.45, 2.75) is 35.3 Å². The van der Waals surface area contributed by atoms with Gasteiger partial charge in [0.05, 0.1) is 15.9 Å². The Bertz CT molecular complexity index is 1230. The molecule has 7 nitrogen and oxygen atoms in total. The first-order valence-corrected chi connectivity index (χ1v) is 12.5. The van der Waals surface area contributed by atoms with Crippen molar-refractivity contribution in [2.24, 2.45) is 0 Å². The summed E-state index contributed by atoms with van der Waals surface area (Å²) < 4.78 is 31.0. The lowest BCUT2D eigenvalue weighted by Crippen LogP contribution is -2.32. The van der Waals surface area contributed by atoms with Gasteiger partial charge < -0.3 is 20.3 Å². The summed E-state index contributed by atoms with van der Waals surface area (Å²) in [5.74, 6) is -0.980. The molecule has 0 amide bonds. The molecule has 9 heteroatoms. The number of halogens is 1. The van der Waals surface area contributed by atoms with E-state index in [9.17, 15) is 18.3 Å². The maximum atomic E-state index is 13.0. The quantitative estimate of drug-likeness (QED) is 0.364. The summed E-state index contributed by atoms with van der Waals surface area (Å²) in [7, 11) is -3.79. The lowest BCUT2D eigenvalue weighted by atomic mass is 10.1. The van der Waals surface area contributed by atoms with Crippen LogP contribution in [0.25, 0.3) is 0 Å². The Morgan fingerprint density at radius 2 is 1.74 bits per heavy atom. The van der Waals surface area contributed by atoms with Gasteiger partial charge in [0.15, 0.2) is 6.61 Å². The zero-order chi connectivity index (χ0) is 24.7. The van der Waals surface area contributed by atoms with Crippen molar-refractivity contribution in [3.05, 3.63) is 88.9 Å². The number of carbonyl (C=O) groups is 1. The minimum Gasteiger partial charge on any atom is -0.482 e. The summed E-state index contributed by atoms with van der Waals surface area (Å²) in [5.41, 5.74) is 1.67. The monoisotopic (exact) mass is 503 g/mol. The van der Waals surface area contributed by atoms with Gasteiger partial charge >= 0.3 is 5.97 Å². The van der Waals surface area contributed by atoms with Gasteiger partial charge in [-0.05, 0) is 66.9 Å². The number of aliphatic hydroxyl groups is 1. The predicted octanol–water partition coefficient (Wildman–Crippen LogP) is 3.89.